The summed E-state index contributed by atoms with van der Waals surface area (Å²) in [4.78, 5) is 28.9. The highest BCUT2D eigenvalue weighted by molar-refractivity contribution is 5.85. The van der Waals surface area contributed by atoms with Crippen LogP contribution in [0.4, 0.5) is 5.69 Å². The highest BCUT2D eigenvalue weighted by Gasteiger charge is 2.16. The minimum absolute atomic E-state index is 0. The molecule has 0 aliphatic carbocycles. The summed E-state index contributed by atoms with van der Waals surface area (Å²) >= 11 is 0. The number of nitrogens with zero attached hydrogens (tertiary/aromatic N) is 4. The molecule has 0 amide bonds. The minimum atomic E-state index is -0.401. The van der Waals surface area contributed by atoms with Crippen LogP contribution in [0.5, 0.6) is 5.75 Å². The van der Waals surface area contributed by atoms with Crippen molar-refractivity contribution in [2.75, 3.05) is 19.6 Å². The number of ether oxygens (including phenoxy) is 1. The van der Waals surface area contributed by atoms with Gasteiger partial charge in [0.25, 0.3) is 5.69 Å². The van der Waals surface area contributed by atoms with E-state index in [4.69, 9.17) is 9.72 Å². The number of hydrogen-bond donors (Lipinski definition) is 0. The monoisotopic (exact) mass is 446 g/mol. The van der Waals surface area contributed by atoms with E-state index in [0.717, 1.165) is 43.1 Å². The van der Waals surface area contributed by atoms with E-state index in [1.54, 1.807) is 18.2 Å². The maximum absolute atomic E-state index is 11.2. The van der Waals surface area contributed by atoms with Crippen molar-refractivity contribution in [2.24, 2.45) is 0 Å². The van der Waals surface area contributed by atoms with Crippen molar-refractivity contribution in [1.29, 1.82) is 0 Å². The molecule has 0 N–H and O–H groups in total. The second-order valence-electron chi connectivity index (χ2n) is 7.05. The standard InChI is InChI=1S/C22H26N4O4.ClH/c1-4-24(5-2)12-13-25-21-11-8-18(26(28)29)15-20(21)23-22(25)14-17-6-9-19(10-7-17)30-16(3)27;/h6-11,15H,4-5,12-14H2,1-3H3;1H. The lowest BCUT2D eigenvalue weighted by molar-refractivity contribution is -0.384. The normalized spacial score (nSPS) is 10.8. The highest BCUT2D eigenvalue weighted by Crippen LogP contribution is 2.24. The van der Waals surface area contributed by atoms with E-state index in [1.165, 1.54) is 19.1 Å². The van der Waals surface area contributed by atoms with Gasteiger partial charge in [-0.25, -0.2) is 4.98 Å². The van der Waals surface area contributed by atoms with Gasteiger partial charge < -0.3 is 14.2 Å². The summed E-state index contributed by atoms with van der Waals surface area (Å²) in [5, 5.41) is 11.2. The molecule has 3 rings (SSSR count). The Morgan fingerprint density at radius 3 is 2.42 bits per heavy atom. The van der Waals surface area contributed by atoms with Gasteiger partial charge in [0.15, 0.2) is 0 Å². The molecule has 0 unspecified atom stereocenters. The first-order valence-electron chi connectivity index (χ1n) is 10.0. The van der Waals surface area contributed by atoms with E-state index in [-0.39, 0.29) is 24.1 Å². The Balaban J connectivity index is 0.00000341. The Kier molecular flexibility index (Phi) is 8.53. The first kappa shape index (κ1) is 24.3. The smallest absolute Gasteiger partial charge is 0.308 e. The number of likely N-dealkylation sites (N-methyl/N-ethyl adjacent to an activating group) is 1. The largest absolute Gasteiger partial charge is 0.427 e. The summed E-state index contributed by atoms with van der Waals surface area (Å²) in [5.74, 6) is 0.984. The summed E-state index contributed by atoms with van der Waals surface area (Å²) in [6.07, 6.45) is 0.571. The molecule has 0 saturated heterocycles. The number of imidazole rings is 1. The van der Waals surface area contributed by atoms with Crippen molar-refractivity contribution in [3.05, 3.63) is 64.0 Å². The molecule has 8 nitrogen and oxygen atoms in total. The molecule has 3 aromatic rings. The third kappa shape index (κ3) is 6.02. The average Bonchev–Trinajstić information content (AvgIpc) is 3.06. The Morgan fingerprint density at radius 2 is 1.84 bits per heavy atom. The van der Waals surface area contributed by atoms with Crippen LogP contribution in [0.3, 0.4) is 0 Å². The number of carbonyl (C=O) groups is 1. The van der Waals surface area contributed by atoms with Gasteiger partial charge in [0.1, 0.15) is 11.6 Å². The van der Waals surface area contributed by atoms with Crippen LogP contribution in [-0.4, -0.2) is 45.0 Å². The van der Waals surface area contributed by atoms with Crippen LogP contribution < -0.4 is 4.74 Å². The van der Waals surface area contributed by atoms with Crippen LogP contribution in [0.15, 0.2) is 42.5 Å². The van der Waals surface area contributed by atoms with Crippen LogP contribution >= 0.6 is 12.4 Å². The van der Waals surface area contributed by atoms with Gasteiger partial charge >= 0.3 is 5.97 Å². The van der Waals surface area contributed by atoms with Gasteiger partial charge in [-0.2, -0.15) is 0 Å². The average molecular weight is 447 g/mol. The molecule has 2 aromatic carbocycles. The summed E-state index contributed by atoms with van der Waals surface area (Å²) in [6.45, 7) is 9.16. The predicted octanol–water partition coefficient (Wildman–Crippen LogP) is 4.22. The first-order valence-corrected chi connectivity index (χ1v) is 10.0. The number of benzene rings is 2. The fraction of sp³-hybridized carbons (Fsp3) is 0.364. The van der Waals surface area contributed by atoms with Gasteiger partial charge in [-0.15, -0.1) is 12.4 Å². The van der Waals surface area contributed by atoms with Gasteiger partial charge in [0.05, 0.1) is 16.0 Å². The van der Waals surface area contributed by atoms with Crippen molar-refractivity contribution < 1.29 is 14.5 Å². The van der Waals surface area contributed by atoms with Crippen LogP contribution in [-0.2, 0) is 17.8 Å². The molecular formula is C22H27ClN4O4. The zero-order chi connectivity index (χ0) is 21.7. The van der Waals surface area contributed by atoms with Gasteiger partial charge in [-0.05, 0) is 36.9 Å². The van der Waals surface area contributed by atoms with Gasteiger partial charge in [-0.3, -0.25) is 14.9 Å². The van der Waals surface area contributed by atoms with E-state index in [1.807, 2.05) is 12.1 Å². The van der Waals surface area contributed by atoms with Crippen LogP contribution in [0.25, 0.3) is 11.0 Å². The quantitative estimate of drug-likeness (QED) is 0.211. The number of non-ortho nitro benzene ring substituents is 1. The Labute approximate surface area is 187 Å². The number of rotatable bonds is 9. The van der Waals surface area contributed by atoms with E-state index >= 15 is 0 Å². The molecule has 0 saturated carbocycles. The molecule has 0 spiro atoms. The van der Waals surface area contributed by atoms with Crippen molar-refractivity contribution in [2.45, 2.75) is 33.7 Å². The molecule has 0 radical (unpaired) electrons. The molecule has 0 atom stereocenters. The van der Waals surface area contributed by atoms with E-state index < -0.39 is 4.92 Å². The SMILES string of the molecule is CCN(CC)CCn1c(Cc2ccc(OC(C)=O)cc2)nc2cc([N+](=O)[O-])ccc21.Cl. The maximum atomic E-state index is 11.2. The predicted molar refractivity (Wildman–Crippen MR) is 122 cm³/mol. The Bertz CT molecular complexity index is 1050. The zero-order valence-electron chi connectivity index (χ0n) is 17.9. The Morgan fingerprint density at radius 1 is 1.16 bits per heavy atom. The molecule has 0 aliphatic rings. The molecule has 1 heterocycles. The summed E-state index contributed by atoms with van der Waals surface area (Å²) in [7, 11) is 0. The molecular weight excluding hydrogens is 420 g/mol. The third-order valence-corrected chi connectivity index (χ3v) is 5.10. The Hall–Kier alpha value is -2.97. The summed E-state index contributed by atoms with van der Waals surface area (Å²) in [6, 6.07) is 12.1. The number of nitro groups is 1. The fourth-order valence-electron chi connectivity index (χ4n) is 3.47. The molecule has 0 aliphatic heterocycles. The second-order valence-corrected chi connectivity index (χ2v) is 7.05. The van der Waals surface area contributed by atoms with Gasteiger partial charge in [-0.1, -0.05) is 26.0 Å². The fourth-order valence-corrected chi connectivity index (χ4v) is 3.47. The second kappa shape index (κ2) is 10.9. The number of aromatic nitrogens is 2. The molecule has 0 bridgehead atoms. The lowest BCUT2D eigenvalue weighted by Crippen LogP contribution is -2.27. The van der Waals surface area contributed by atoms with Crippen molar-refractivity contribution in [3.63, 3.8) is 0 Å². The lowest BCUT2D eigenvalue weighted by atomic mass is 10.1. The molecule has 0 fully saturated rings. The van der Waals surface area contributed by atoms with E-state index in [9.17, 15) is 14.9 Å². The molecule has 1 aromatic heterocycles. The van der Waals surface area contributed by atoms with E-state index in [0.29, 0.717) is 17.7 Å². The molecule has 9 heteroatoms. The topological polar surface area (TPSA) is 90.5 Å². The van der Waals surface area contributed by atoms with Crippen molar-refractivity contribution in [1.82, 2.24) is 14.5 Å². The van der Waals surface area contributed by atoms with Gasteiger partial charge in [0.2, 0.25) is 0 Å². The first-order chi connectivity index (χ1) is 14.4. The van der Waals surface area contributed by atoms with Crippen LogP contribution in [0, 0.1) is 10.1 Å². The highest BCUT2D eigenvalue weighted by atomic mass is 35.5. The zero-order valence-corrected chi connectivity index (χ0v) is 18.7. The third-order valence-electron chi connectivity index (χ3n) is 5.10. The number of hydrogen-bond acceptors (Lipinski definition) is 6. The molecule has 31 heavy (non-hydrogen) atoms. The number of fused-ring (bicyclic) bond motifs is 1. The number of nitro benzene ring substituents is 1. The maximum Gasteiger partial charge on any atom is 0.308 e. The minimum Gasteiger partial charge on any atom is -0.427 e. The number of carbonyl (C=O) groups excluding carboxylic acids is 1. The van der Waals surface area contributed by atoms with Gasteiger partial charge in [0, 0.05) is 38.6 Å². The van der Waals surface area contributed by atoms with Crippen LogP contribution in [0.1, 0.15) is 32.2 Å². The van der Waals surface area contributed by atoms with Crippen molar-refractivity contribution >= 4 is 35.1 Å². The lowest BCUT2D eigenvalue weighted by Gasteiger charge is -2.19. The van der Waals surface area contributed by atoms with E-state index in [2.05, 4.69) is 23.3 Å². The summed E-state index contributed by atoms with van der Waals surface area (Å²) < 4.78 is 7.22. The number of halogens is 1. The van der Waals surface area contributed by atoms with Crippen molar-refractivity contribution in [3.8, 4) is 5.75 Å². The summed E-state index contributed by atoms with van der Waals surface area (Å²) in [5.41, 5.74) is 2.56. The number of esters is 1. The van der Waals surface area contributed by atoms with Crippen LogP contribution in [0.2, 0.25) is 0 Å². The molecule has 166 valence electrons.